The van der Waals surface area contributed by atoms with E-state index in [1.54, 1.807) is 72.6 Å². The van der Waals surface area contributed by atoms with Gasteiger partial charge in [-0.2, -0.15) is 0 Å². The number of nitrogens with zero attached hydrogens (tertiary/aromatic N) is 4. The first-order valence-electron chi connectivity index (χ1n) is 19.5. The third-order valence-corrected chi connectivity index (χ3v) is 14.2. The van der Waals surface area contributed by atoms with Crippen LogP contribution in [-0.2, 0) is 33.0 Å². The van der Waals surface area contributed by atoms with E-state index in [0.717, 1.165) is 5.56 Å². The Hall–Kier alpha value is -6.19. The molecule has 3 aliphatic rings. The third kappa shape index (κ3) is 7.07. The number of carbonyl (C=O) groups is 3. The number of aliphatic hydroxyl groups is 1. The fraction of sp³-hybridized carbons (Fsp3) is 0.267. The number of ether oxygens (including phenoxy) is 2. The van der Waals surface area contributed by atoms with Gasteiger partial charge in [-0.1, -0.05) is 73.7 Å². The van der Waals surface area contributed by atoms with Gasteiger partial charge in [0.05, 0.1) is 47.5 Å². The molecular weight excluding hydrogens is 769 g/mol. The Labute approximate surface area is 342 Å². The van der Waals surface area contributed by atoms with Crippen LogP contribution in [0.4, 0.5) is 22.7 Å². The van der Waals surface area contributed by atoms with Gasteiger partial charge < -0.3 is 29.2 Å². The molecule has 0 aromatic heterocycles. The van der Waals surface area contributed by atoms with E-state index in [2.05, 4.69) is 0 Å². The zero-order chi connectivity index (χ0) is 41.6. The minimum absolute atomic E-state index is 0.0155. The molecule has 8 rings (SSSR count). The Balaban J connectivity index is 1.16. The van der Waals surface area contributed by atoms with E-state index in [4.69, 9.17) is 9.47 Å². The molecule has 0 unspecified atom stereocenters. The van der Waals surface area contributed by atoms with Crippen LogP contribution in [0.3, 0.4) is 0 Å². The van der Waals surface area contributed by atoms with Gasteiger partial charge in [0.1, 0.15) is 5.75 Å². The number of aliphatic hydroxyl groups excluding tert-OH is 1. The maximum absolute atomic E-state index is 15.2. The highest BCUT2D eigenvalue weighted by Gasteiger charge is 2.66. The van der Waals surface area contributed by atoms with Gasteiger partial charge in [0.2, 0.25) is 5.91 Å². The molecule has 1 spiro atoms. The molecule has 1 saturated heterocycles. The number of benzene rings is 5. The lowest BCUT2D eigenvalue weighted by Crippen LogP contribution is -2.46. The van der Waals surface area contributed by atoms with E-state index in [1.165, 1.54) is 21.9 Å². The van der Waals surface area contributed by atoms with Crippen LogP contribution in [0.2, 0.25) is 18.6 Å². The molecule has 0 radical (unpaired) electrons. The quantitative estimate of drug-likeness (QED) is 0.0785. The second-order valence-electron chi connectivity index (χ2n) is 15.8. The molecule has 5 aromatic carbocycles. The van der Waals surface area contributed by atoms with Crippen LogP contribution >= 0.6 is 0 Å². The van der Waals surface area contributed by atoms with Crippen molar-refractivity contribution in [3.05, 3.63) is 154 Å². The van der Waals surface area contributed by atoms with Crippen molar-refractivity contribution in [2.24, 2.45) is 5.92 Å². The molecule has 3 amide bonds. The van der Waals surface area contributed by atoms with E-state index >= 15 is 4.79 Å². The number of fused-ring (bicyclic) bond motifs is 4. The summed E-state index contributed by atoms with van der Waals surface area (Å²) in [5.41, 5.74) is 1.06. The van der Waals surface area contributed by atoms with Crippen molar-refractivity contribution in [2.75, 3.05) is 23.0 Å². The summed E-state index contributed by atoms with van der Waals surface area (Å²) in [6.45, 7) is 5.36. The summed E-state index contributed by atoms with van der Waals surface area (Å²) in [7, 11) is -3.21. The first kappa shape index (κ1) is 39.6. The smallest absolute Gasteiger partial charge is 0.269 e. The summed E-state index contributed by atoms with van der Waals surface area (Å²) in [5, 5.41) is 22.1. The van der Waals surface area contributed by atoms with E-state index < -0.39 is 42.3 Å². The minimum Gasteiger partial charge on any atom is -0.454 e. The van der Waals surface area contributed by atoms with E-state index in [1.807, 2.05) is 61.5 Å². The molecule has 3 heterocycles. The Morgan fingerprint density at radius 2 is 1.58 bits per heavy atom. The number of amides is 3. The summed E-state index contributed by atoms with van der Waals surface area (Å²) in [6, 6.07) is 35.2. The van der Waals surface area contributed by atoms with Crippen LogP contribution in [0.5, 0.6) is 11.5 Å². The molecule has 3 aliphatic heterocycles. The van der Waals surface area contributed by atoms with E-state index in [0.29, 0.717) is 45.3 Å². The normalized spacial score (nSPS) is 20.8. The Morgan fingerprint density at radius 1 is 0.881 bits per heavy atom. The maximum Gasteiger partial charge on any atom is 0.269 e. The third-order valence-electron chi connectivity index (χ3n) is 11.6. The summed E-state index contributed by atoms with van der Waals surface area (Å²) < 4.78 is 13.1. The summed E-state index contributed by atoms with van der Waals surface area (Å²) in [6.07, 6.45) is -1.10. The molecule has 0 aliphatic carbocycles. The molecule has 1 fully saturated rings. The number of nitro benzene ring substituents is 1. The molecule has 0 bridgehead atoms. The number of non-ortho nitro benzene ring substituents is 1. The summed E-state index contributed by atoms with van der Waals surface area (Å²) in [5.74, 6) is -0.863. The highest BCUT2D eigenvalue weighted by molar-refractivity contribution is 6.71. The van der Waals surface area contributed by atoms with Gasteiger partial charge in [-0.3, -0.25) is 29.4 Å². The van der Waals surface area contributed by atoms with Gasteiger partial charge in [-0.05, 0) is 66.7 Å². The van der Waals surface area contributed by atoms with Crippen LogP contribution in [0, 0.1) is 16.0 Å². The zero-order valence-corrected chi connectivity index (χ0v) is 33.9. The van der Waals surface area contributed by atoms with Crippen molar-refractivity contribution in [1.82, 2.24) is 4.90 Å². The average molecular weight is 813 g/mol. The van der Waals surface area contributed by atoms with Crippen molar-refractivity contribution in [2.45, 2.75) is 56.8 Å². The lowest BCUT2D eigenvalue weighted by atomic mass is 9.82. The molecule has 5 aromatic rings. The number of carbonyl (C=O) groups excluding carboxylic acids is 3. The van der Waals surface area contributed by atoms with Gasteiger partial charge in [0.25, 0.3) is 17.5 Å². The van der Waals surface area contributed by atoms with Gasteiger partial charge in [0.15, 0.2) is 19.7 Å². The fourth-order valence-corrected chi connectivity index (χ4v) is 11.6. The van der Waals surface area contributed by atoms with Crippen molar-refractivity contribution >= 4 is 48.8 Å². The largest absolute Gasteiger partial charge is 0.454 e. The Kier molecular flexibility index (Phi) is 10.4. The summed E-state index contributed by atoms with van der Waals surface area (Å²) >= 11 is 0. The highest BCUT2D eigenvalue weighted by Crippen LogP contribution is 2.60. The van der Waals surface area contributed by atoms with Gasteiger partial charge in [-0.15, -0.1) is 0 Å². The highest BCUT2D eigenvalue weighted by atomic mass is 28.4. The molecule has 2 N–H and O–H groups in total. The van der Waals surface area contributed by atoms with Crippen molar-refractivity contribution in [3.63, 3.8) is 0 Å². The van der Waals surface area contributed by atoms with Gasteiger partial charge in [0, 0.05) is 47.9 Å². The lowest BCUT2D eigenvalue weighted by Gasteiger charge is -2.32. The number of rotatable bonds is 11. The number of para-hydroxylation sites is 3. The molecular formula is C45H44N4O9Si. The molecule has 14 heteroatoms. The van der Waals surface area contributed by atoms with Gasteiger partial charge >= 0.3 is 0 Å². The molecule has 59 heavy (non-hydrogen) atoms. The second-order valence-corrected chi connectivity index (χ2v) is 19.8. The SMILES string of the molecule is C[C@H]1[C@H]([Si](C)(C)O)[C@@H](CC(=O)N(CCO)Cc2ccccc2)O[C@]12C(=O)N(Cc1cccc(N3C(=O)c4ccccc4Oc4ccccc43)c1)c1ccc([N+](=O)[O-])cc12. The standard InChI is InChI=1S/C45H44N4O9Si/c1-29-42(59(2,3)56)40(26-41(51)46(22-23-50)27-30-12-5-4-6-13-30)58-45(29)35-25-33(49(54)55)20-21-36(35)47(44(45)53)28-31-14-11-15-32(24-31)48-37-17-8-10-19-39(37)57-38-18-9-7-16-34(38)43(48)52/h4-21,24-25,29,40,42,50,56H,22-23,26-28H2,1-3H3/t29-,40+,42-,45+/m0/s1. The fourth-order valence-electron chi connectivity index (χ4n) is 9.10. The van der Waals surface area contributed by atoms with Crippen molar-refractivity contribution < 1.29 is 38.7 Å². The Bertz CT molecular complexity index is 2460. The second kappa shape index (κ2) is 15.5. The van der Waals surface area contributed by atoms with Crippen LogP contribution in [0.15, 0.2) is 121 Å². The van der Waals surface area contributed by atoms with Crippen molar-refractivity contribution in [3.8, 4) is 11.5 Å². The van der Waals surface area contributed by atoms with E-state index in [-0.39, 0.29) is 50.2 Å². The predicted octanol–water partition coefficient (Wildman–Crippen LogP) is 7.43. The number of hydrogen-bond acceptors (Lipinski definition) is 9. The lowest BCUT2D eigenvalue weighted by molar-refractivity contribution is -0.385. The van der Waals surface area contributed by atoms with Crippen LogP contribution in [-0.4, -0.2) is 65.0 Å². The topological polar surface area (TPSA) is 163 Å². The monoisotopic (exact) mass is 812 g/mol. The molecule has 13 nitrogen and oxygen atoms in total. The van der Waals surface area contributed by atoms with Crippen LogP contribution in [0.25, 0.3) is 0 Å². The van der Waals surface area contributed by atoms with E-state index in [9.17, 15) is 29.6 Å². The average Bonchev–Trinajstić information content (AvgIpc) is 3.59. The Morgan fingerprint density at radius 3 is 2.31 bits per heavy atom. The van der Waals surface area contributed by atoms with Gasteiger partial charge in [-0.25, -0.2) is 0 Å². The molecule has 4 atom stereocenters. The minimum atomic E-state index is -3.21. The number of hydrogen-bond donors (Lipinski definition) is 2. The van der Waals surface area contributed by atoms with Crippen LogP contribution < -0.4 is 14.5 Å². The predicted molar refractivity (Wildman–Crippen MR) is 223 cm³/mol. The first-order chi connectivity index (χ1) is 28.3. The van der Waals surface area contributed by atoms with Crippen molar-refractivity contribution in [1.29, 1.82) is 0 Å². The number of anilines is 3. The summed E-state index contributed by atoms with van der Waals surface area (Å²) in [4.78, 5) is 71.6. The first-order valence-corrected chi connectivity index (χ1v) is 22.6. The van der Waals surface area contributed by atoms with Crippen LogP contribution in [0.1, 0.15) is 40.4 Å². The zero-order valence-electron chi connectivity index (χ0n) is 32.9. The number of nitro groups is 1. The maximum atomic E-state index is 15.2. The molecule has 302 valence electrons. The molecule has 0 saturated carbocycles.